The fourth-order valence-electron chi connectivity index (χ4n) is 1.69. The van der Waals surface area contributed by atoms with Crippen LogP contribution in [0.2, 0.25) is 0 Å². The third kappa shape index (κ3) is 9.78. The molecule has 0 bridgehead atoms. The third-order valence-corrected chi connectivity index (χ3v) is 2.08. The van der Waals surface area contributed by atoms with Crippen LogP contribution < -0.4 is 5.32 Å². The van der Waals surface area contributed by atoms with Crippen molar-refractivity contribution in [3.8, 4) is 12.3 Å². The van der Waals surface area contributed by atoms with E-state index < -0.39 is 0 Å². The van der Waals surface area contributed by atoms with Crippen LogP contribution in [0.25, 0.3) is 0 Å². The summed E-state index contributed by atoms with van der Waals surface area (Å²) in [6, 6.07) is 0. The Hall–Kier alpha value is -0.520. The van der Waals surface area contributed by atoms with E-state index in [1.165, 1.54) is 13.1 Å². The Morgan fingerprint density at radius 3 is 2.07 bits per heavy atom. The standard InChI is InChI=1S/C13H26N2/c1-6-7-14-8-9-15(10-12(2)3)11-13(4)5/h1,12-14H,7-11H2,2-5H3. The maximum absolute atomic E-state index is 5.18. The zero-order valence-electron chi connectivity index (χ0n) is 10.7. The molecule has 15 heavy (non-hydrogen) atoms. The van der Waals surface area contributed by atoms with Crippen molar-refractivity contribution in [3.63, 3.8) is 0 Å². The van der Waals surface area contributed by atoms with E-state index in [9.17, 15) is 0 Å². The molecule has 0 aromatic rings. The zero-order valence-corrected chi connectivity index (χ0v) is 10.7. The molecule has 1 N–H and O–H groups in total. The van der Waals surface area contributed by atoms with E-state index in [2.05, 4.69) is 43.8 Å². The normalized spacial score (nSPS) is 11.3. The lowest BCUT2D eigenvalue weighted by atomic mass is 10.1. The smallest absolute Gasteiger partial charge is 0.0574 e. The molecule has 0 radical (unpaired) electrons. The maximum atomic E-state index is 5.18. The average molecular weight is 210 g/mol. The fourth-order valence-corrected chi connectivity index (χ4v) is 1.69. The van der Waals surface area contributed by atoms with Crippen molar-refractivity contribution in [3.05, 3.63) is 0 Å². The van der Waals surface area contributed by atoms with Crippen LogP contribution in [0.4, 0.5) is 0 Å². The van der Waals surface area contributed by atoms with Gasteiger partial charge in [0.15, 0.2) is 0 Å². The Labute approximate surface area is 95.4 Å². The summed E-state index contributed by atoms with van der Waals surface area (Å²) < 4.78 is 0. The van der Waals surface area contributed by atoms with Crippen LogP contribution in [0.1, 0.15) is 27.7 Å². The molecule has 0 aliphatic heterocycles. The molecule has 0 aromatic carbocycles. The van der Waals surface area contributed by atoms with Crippen LogP contribution in [-0.4, -0.2) is 37.6 Å². The van der Waals surface area contributed by atoms with Gasteiger partial charge in [0.1, 0.15) is 0 Å². The number of hydrogen-bond acceptors (Lipinski definition) is 2. The Kier molecular flexibility index (Phi) is 8.46. The van der Waals surface area contributed by atoms with Gasteiger partial charge in [0.05, 0.1) is 6.54 Å². The van der Waals surface area contributed by atoms with Crippen molar-refractivity contribution >= 4 is 0 Å². The zero-order chi connectivity index (χ0) is 11.7. The highest BCUT2D eigenvalue weighted by atomic mass is 15.1. The first kappa shape index (κ1) is 14.5. The van der Waals surface area contributed by atoms with Crippen molar-refractivity contribution in [1.29, 1.82) is 0 Å². The second kappa shape index (κ2) is 8.76. The van der Waals surface area contributed by atoms with Crippen LogP contribution in [-0.2, 0) is 0 Å². The first-order chi connectivity index (χ1) is 7.06. The number of nitrogens with zero attached hydrogens (tertiary/aromatic N) is 1. The first-order valence-electron chi connectivity index (χ1n) is 5.92. The van der Waals surface area contributed by atoms with Crippen molar-refractivity contribution < 1.29 is 0 Å². The summed E-state index contributed by atoms with van der Waals surface area (Å²) in [6.45, 7) is 14.2. The monoisotopic (exact) mass is 210 g/mol. The summed E-state index contributed by atoms with van der Waals surface area (Å²) in [5.74, 6) is 4.06. The van der Waals surface area contributed by atoms with Crippen molar-refractivity contribution in [1.82, 2.24) is 10.2 Å². The molecular weight excluding hydrogens is 184 g/mol. The molecule has 0 unspecified atom stereocenters. The molecule has 88 valence electrons. The van der Waals surface area contributed by atoms with Gasteiger partial charge in [-0.05, 0) is 11.8 Å². The second-order valence-corrected chi connectivity index (χ2v) is 4.93. The van der Waals surface area contributed by atoms with Crippen LogP contribution in [0.5, 0.6) is 0 Å². The molecule has 0 amide bonds. The lowest BCUT2D eigenvalue weighted by Gasteiger charge is -2.26. The van der Waals surface area contributed by atoms with Crippen LogP contribution in [0, 0.1) is 24.2 Å². The topological polar surface area (TPSA) is 15.3 Å². The summed E-state index contributed by atoms with van der Waals surface area (Å²) in [4.78, 5) is 2.51. The van der Waals surface area contributed by atoms with Gasteiger partial charge in [-0.2, -0.15) is 0 Å². The summed E-state index contributed by atoms with van der Waals surface area (Å²) in [7, 11) is 0. The quantitative estimate of drug-likeness (QED) is 0.486. The molecule has 0 rings (SSSR count). The molecule has 0 heterocycles. The molecule has 0 saturated carbocycles. The van der Waals surface area contributed by atoms with Crippen LogP contribution in [0.15, 0.2) is 0 Å². The number of nitrogens with one attached hydrogen (secondary N) is 1. The predicted octanol–water partition coefficient (Wildman–Crippen LogP) is 1.82. The summed E-state index contributed by atoms with van der Waals surface area (Å²) in [5.41, 5.74) is 0. The van der Waals surface area contributed by atoms with Crippen molar-refractivity contribution in [2.45, 2.75) is 27.7 Å². The number of terminal acetylenes is 1. The summed E-state index contributed by atoms with van der Waals surface area (Å²) in [6.07, 6.45) is 5.18. The molecule has 0 fully saturated rings. The summed E-state index contributed by atoms with van der Waals surface area (Å²) >= 11 is 0. The Bertz CT molecular complexity index is 169. The Morgan fingerprint density at radius 1 is 1.13 bits per heavy atom. The van der Waals surface area contributed by atoms with Crippen LogP contribution >= 0.6 is 0 Å². The van der Waals surface area contributed by atoms with E-state index in [4.69, 9.17) is 6.42 Å². The molecule has 0 saturated heterocycles. The number of hydrogen-bond donors (Lipinski definition) is 1. The molecular formula is C13H26N2. The Morgan fingerprint density at radius 2 is 1.67 bits per heavy atom. The third-order valence-electron chi connectivity index (χ3n) is 2.08. The highest BCUT2D eigenvalue weighted by molar-refractivity contribution is 4.86. The van der Waals surface area contributed by atoms with Crippen molar-refractivity contribution in [2.75, 3.05) is 32.7 Å². The van der Waals surface area contributed by atoms with Gasteiger partial charge in [-0.1, -0.05) is 33.6 Å². The average Bonchev–Trinajstić information content (AvgIpc) is 2.10. The van der Waals surface area contributed by atoms with E-state index in [-0.39, 0.29) is 0 Å². The van der Waals surface area contributed by atoms with Gasteiger partial charge in [-0.25, -0.2) is 0 Å². The van der Waals surface area contributed by atoms with Gasteiger partial charge in [-0.3, -0.25) is 0 Å². The van der Waals surface area contributed by atoms with Gasteiger partial charge in [0.2, 0.25) is 0 Å². The van der Waals surface area contributed by atoms with Gasteiger partial charge in [0.25, 0.3) is 0 Å². The minimum Gasteiger partial charge on any atom is -0.305 e. The highest BCUT2D eigenvalue weighted by Crippen LogP contribution is 2.02. The number of rotatable bonds is 8. The molecule has 0 aromatic heterocycles. The minimum absolute atomic E-state index is 0.678. The van der Waals surface area contributed by atoms with Crippen molar-refractivity contribution in [2.24, 2.45) is 11.8 Å². The SMILES string of the molecule is C#CCNCCN(CC(C)C)CC(C)C. The molecule has 0 aliphatic rings. The Balaban J connectivity index is 3.75. The minimum atomic E-state index is 0.678. The van der Waals surface area contributed by atoms with Crippen LogP contribution in [0.3, 0.4) is 0 Å². The van der Waals surface area contributed by atoms with E-state index in [1.54, 1.807) is 0 Å². The second-order valence-electron chi connectivity index (χ2n) is 4.93. The molecule has 0 spiro atoms. The van der Waals surface area contributed by atoms with E-state index in [0.717, 1.165) is 24.9 Å². The first-order valence-corrected chi connectivity index (χ1v) is 5.92. The highest BCUT2D eigenvalue weighted by Gasteiger charge is 2.08. The van der Waals surface area contributed by atoms with E-state index >= 15 is 0 Å². The van der Waals surface area contributed by atoms with Gasteiger partial charge >= 0.3 is 0 Å². The van der Waals surface area contributed by atoms with Gasteiger partial charge < -0.3 is 10.2 Å². The maximum Gasteiger partial charge on any atom is 0.0574 e. The lowest BCUT2D eigenvalue weighted by molar-refractivity contribution is 0.220. The summed E-state index contributed by atoms with van der Waals surface area (Å²) in [5, 5.41) is 3.23. The van der Waals surface area contributed by atoms with Gasteiger partial charge in [-0.15, -0.1) is 6.42 Å². The van der Waals surface area contributed by atoms with Gasteiger partial charge in [0, 0.05) is 26.2 Å². The fraction of sp³-hybridized carbons (Fsp3) is 0.846. The molecule has 0 atom stereocenters. The lowest BCUT2D eigenvalue weighted by Crippen LogP contribution is -2.37. The predicted molar refractivity (Wildman–Crippen MR) is 67.8 cm³/mol. The largest absolute Gasteiger partial charge is 0.305 e. The molecule has 2 nitrogen and oxygen atoms in total. The van der Waals surface area contributed by atoms with E-state index in [0.29, 0.717) is 6.54 Å². The molecule has 2 heteroatoms. The van der Waals surface area contributed by atoms with E-state index in [1.807, 2.05) is 0 Å². The molecule has 0 aliphatic carbocycles.